The van der Waals surface area contributed by atoms with E-state index in [4.69, 9.17) is 14.2 Å². The van der Waals surface area contributed by atoms with Crippen LogP contribution in [0.2, 0.25) is 0 Å². The maximum Gasteiger partial charge on any atom is 0.186 e. The highest BCUT2D eigenvalue weighted by Gasteiger charge is 2.85. The van der Waals surface area contributed by atoms with E-state index in [0.29, 0.717) is 18.8 Å². The SMILES string of the molecule is CC(C)(O)C1CC[C@](C)(C2[C@@H](O)C[C@@]3(C)C4C[C@H](O)C5C(C)(C)[C@@H](OC6OCC(O)C(O)C6O)CC[C@@]56C[C@@]46CC[C@]23C)O1. The Labute approximate surface area is 262 Å². The lowest BCUT2D eigenvalue weighted by atomic mass is 9.41. The molecule has 0 aromatic rings. The molecule has 9 nitrogen and oxygen atoms in total. The molecule has 7 aliphatic rings. The summed E-state index contributed by atoms with van der Waals surface area (Å²) < 4.78 is 18.7. The molecule has 2 aliphatic heterocycles. The van der Waals surface area contributed by atoms with Gasteiger partial charge in [0.05, 0.1) is 42.2 Å². The van der Waals surface area contributed by atoms with E-state index in [2.05, 4.69) is 34.6 Å². The summed E-state index contributed by atoms with van der Waals surface area (Å²) in [6.45, 7) is 14.8. The van der Waals surface area contributed by atoms with Crippen molar-refractivity contribution in [3.8, 4) is 0 Å². The van der Waals surface area contributed by atoms with E-state index in [0.717, 1.165) is 44.9 Å². The standard InChI is InChI=1S/C35H58O9/c1-29(2)22(43-28-25(40)24(39)20(38)16-42-28)9-11-35-17-34(35)13-12-31(5)27(33(7)10-8-23(44-33)30(3,4)41)19(37)15-32(31,6)21(34)14-18(36)26(29)35/h18-28,36-41H,8-17H2,1-7H3/t18-,19-,20?,21?,22-,23?,24?,25?,26?,27?,28?,31+,32-,33+,34-,35+/m0/s1. The lowest BCUT2D eigenvalue weighted by molar-refractivity contribution is -0.306. The average molecular weight is 623 g/mol. The Hall–Kier alpha value is -0.360. The van der Waals surface area contributed by atoms with E-state index >= 15 is 0 Å². The Kier molecular flexibility index (Phi) is 7.04. The van der Waals surface area contributed by atoms with Crippen LogP contribution in [-0.4, -0.2) is 97.5 Å². The topological polar surface area (TPSA) is 149 Å². The van der Waals surface area contributed by atoms with Crippen molar-refractivity contribution >= 4 is 0 Å². The normalized spacial score (nSPS) is 59.8. The minimum Gasteiger partial charge on any atom is -0.393 e. The number of aliphatic hydroxyl groups excluding tert-OH is 5. The molecule has 9 heteroatoms. The second-order valence-electron chi connectivity index (χ2n) is 18.3. The van der Waals surface area contributed by atoms with Crippen molar-refractivity contribution in [2.45, 2.75) is 166 Å². The predicted molar refractivity (Wildman–Crippen MR) is 161 cm³/mol. The summed E-state index contributed by atoms with van der Waals surface area (Å²) in [6, 6.07) is 0. The molecular formula is C35H58O9. The van der Waals surface area contributed by atoms with Crippen molar-refractivity contribution in [3.63, 3.8) is 0 Å². The predicted octanol–water partition coefficient (Wildman–Crippen LogP) is 2.90. The van der Waals surface area contributed by atoms with Gasteiger partial charge in [0.25, 0.3) is 0 Å². The molecule has 6 N–H and O–H groups in total. The van der Waals surface area contributed by atoms with Gasteiger partial charge in [0.1, 0.15) is 18.3 Å². The summed E-state index contributed by atoms with van der Waals surface area (Å²) in [5.41, 5.74) is -2.01. The molecule has 0 bridgehead atoms. The summed E-state index contributed by atoms with van der Waals surface area (Å²) in [5, 5.41) is 65.5. The molecule has 2 heterocycles. The molecule has 252 valence electrons. The van der Waals surface area contributed by atoms with Crippen LogP contribution in [0.15, 0.2) is 0 Å². The fourth-order valence-electron chi connectivity index (χ4n) is 13.4. The first-order chi connectivity index (χ1) is 20.3. The number of aliphatic hydroxyl groups is 6. The molecule has 8 unspecified atom stereocenters. The van der Waals surface area contributed by atoms with E-state index in [1.54, 1.807) is 0 Å². The van der Waals surface area contributed by atoms with Gasteiger partial charge in [-0.1, -0.05) is 27.7 Å². The van der Waals surface area contributed by atoms with Crippen molar-refractivity contribution in [1.82, 2.24) is 0 Å². The minimum absolute atomic E-state index is 0.00753. The van der Waals surface area contributed by atoms with Crippen LogP contribution in [0.5, 0.6) is 0 Å². The van der Waals surface area contributed by atoms with E-state index in [1.165, 1.54) is 0 Å². The third-order valence-electron chi connectivity index (χ3n) is 15.5. The zero-order valence-corrected chi connectivity index (χ0v) is 27.8. The molecule has 44 heavy (non-hydrogen) atoms. The monoisotopic (exact) mass is 622 g/mol. The zero-order valence-electron chi connectivity index (χ0n) is 27.8. The first kappa shape index (κ1) is 32.2. The van der Waals surface area contributed by atoms with Crippen molar-refractivity contribution in [1.29, 1.82) is 0 Å². The van der Waals surface area contributed by atoms with Crippen molar-refractivity contribution in [2.24, 2.45) is 44.8 Å². The first-order valence-corrected chi connectivity index (χ1v) is 17.4. The summed E-state index contributed by atoms with van der Waals surface area (Å²) in [5.74, 6) is 0.285. The molecule has 5 aliphatic carbocycles. The molecule has 5 saturated carbocycles. The zero-order chi connectivity index (χ0) is 32.0. The average Bonchev–Trinajstić information content (AvgIpc) is 3.27. The van der Waals surface area contributed by atoms with Gasteiger partial charge in [-0.15, -0.1) is 0 Å². The van der Waals surface area contributed by atoms with Crippen molar-refractivity contribution in [2.75, 3.05) is 6.61 Å². The fourth-order valence-corrected chi connectivity index (χ4v) is 13.4. The third-order valence-corrected chi connectivity index (χ3v) is 15.5. The highest BCUT2D eigenvalue weighted by Crippen LogP contribution is 2.89. The van der Waals surface area contributed by atoms with Gasteiger partial charge in [0.15, 0.2) is 6.29 Å². The molecule has 7 fully saturated rings. The number of ether oxygens (including phenoxy) is 3. The number of rotatable bonds is 4. The Morgan fingerprint density at radius 1 is 0.750 bits per heavy atom. The van der Waals surface area contributed by atoms with Crippen LogP contribution in [0, 0.1) is 44.8 Å². The summed E-state index contributed by atoms with van der Waals surface area (Å²) in [7, 11) is 0. The smallest absolute Gasteiger partial charge is 0.186 e. The van der Waals surface area contributed by atoms with Crippen LogP contribution in [0.3, 0.4) is 0 Å². The van der Waals surface area contributed by atoms with Crippen LogP contribution >= 0.6 is 0 Å². The number of hydrogen-bond acceptors (Lipinski definition) is 9. The minimum atomic E-state index is -1.33. The Morgan fingerprint density at radius 2 is 1.45 bits per heavy atom. The summed E-state index contributed by atoms with van der Waals surface area (Å²) in [4.78, 5) is 0. The van der Waals surface area contributed by atoms with Crippen LogP contribution < -0.4 is 0 Å². The van der Waals surface area contributed by atoms with Gasteiger partial charge in [-0.3, -0.25) is 0 Å². The van der Waals surface area contributed by atoms with Crippen molar-refractivity contribution < 1.29 is 44.8 Å². The van der Waals surface area contributed by atoms with Gasteiger partial charge < -0.3 is 44.8 Å². The molecule has 0 amide bonds. The van der Waals surface area contributed by atoms with E-state index in [1.807, 2.05) is 13.8 Å². The van der Waals surface area contributed by atoms with Gasteiger partial charge in [-0.05, 0) is 117 Å². The second-order valence-corrected chi connectivity index (χ2v) is 18.3. The van der Waals surface area contributed by atoms with Gasteiger partial charge >= 0.3 is 0 Å². The number of hydrogen-bond donors (Lipinski definition) is 6. The maximum absolute atomic E-state index is 12.1. The summed E-state index contributed by atoms with van der Waals surface area (Å²) in [6.07, 6.45) is 1.57. The Morgan fingerprint density at radius 3 is 2.11 bits per heavy atom. The second kappa shape index (κ2) is 9.63. The molecule has 0 radical (unpaired) electrons. The lowest BCUT2D eigenvalue weighted by Crippen LogP contribution is -2.63. The molecule has 0 aromatic heterocycles. The van der Waals surface area contributed by atoms with Crippen LogP contribution in [0.25, 0.3) is 0 Å². The molecular weight excluding hydrogens is 564 g/mol. The van der Waals surface area contributed by atoms with Gasteiger partial charge in [0.2, 0.25) is 0 Å². The highest BCUT2D eigenvalue weighted by atomic mass is 16.7. The Balaban J connectivity index is 1.15. The van der Waals surface area contributed by atoms with Crippen LogP contribution in [-0.2, 0) is 14.2 Å². The largest absolute Gasteiger partial charge is 0.393 e. The molecule has 0 aromatic carbocycles. The molecule has 7 rings (SSSR count). The van der Waals surface area contributed by atoms with Crippen LogP contribution in [0.1, 0.15) is 106 Å². The lowest BCUT2D eigenvalue weighted by Gasteiger charge is -2.64. The highest BCUT2D eigenvalue weighted by molar-refractivity contribution is 5.33. The molecule has 2 saturated heterocycles. The molecule has 2 spiro atoms. The fraction of sp³-hybridized carbons (Fsp3) is 1.00. The van der Waals surface area contributed by atoms with Crippen molar-refractivity contribution in [3.05, 3.63) is 0 Å². The van der Waals surface area contributed by atoms with Gasteiger partial charge in [0, 0.05) is 5.92 Å². The van der Waals surface area contributed by atoms with Crippen LogP contribution in [0.4, 0.5) is 0 Å². The molecule has 16 atom stereocenters. The number of fused-ring (bicyclic) bond motifs is 2. The summed E-state index contributed by atoms with van der Waals surface area (Å²) >= 11 is 0. The van der Waals surface area contributed by atoms with Gasteiger partial charge in [-0.25, -0.2) is 0 Å². The van der Waals surface area contributed by atoms with E-state index in [-0.39, 0.29) is 52.3 Å². The van der Waals surface area contributed by atoms with Gasteiger partial charge in [-0.2, -0.15) is 0 Å². The first-order valence-electron chi connectivity index (χ1n) is 17.4. The maximum atomic E-state index is 12.1. The Bertz CT molecular complexity index is 1160. The van der Waals surface area contributed by atoms with E-state index < -0.39 is 53.4 Å². The third kappa shape index (κ3) is 3.97. The van der Waals surface area contributed by atoms with E-state index in [9.17, 15) is 30.6 Å². The quantitative estimate of drug-likeness (QED) is 0.260.